The molecule has 0 aliphatic carbocycles. The molecule has 9 nitrogen and oxygen atoms in total. The molecule has 138 valence electrons. The molecule has 1 saturated heterocycles. The molecule has 2 aromatic heterocycles. The van der Waals surface area contributed by atoms with Gasteiger partial charge in [-0.25, -0.2) is 14.3 Å². The molecule has 0 saturated carbocycles. The normalized spacial score (nSPS) is 24.9. The minimum absolute atomic E-state index is 0.0477. The first-order chi connectivity index (χ1) is 12.0. The van der Waals surface area contributed by atoms with Crippen molar-refractivity contribution in [2.45, 2.75) is 70.6 Å². The molecule has 4 N–H and O–H groups in total. The smallest absolute Gasteiger partial charge is 0.332 e. The highest BCUT2D eigenvalue weighted by Gasteiger charge is 2.40. The minimum atomic E-state index is -0.912. The van der Waals surface area contributed by atoms with E-state index < -0.39 is 24.5 Å². The zero-order valence-corrected chi connectivity index (χ0v) is 14.5. The Balaban J connectivity index is 2.08. The average Bonchev–Trinajstić information content (AvgIpc) is 3.09. The van der Waals surface area contributed by atoms with Crippen LogP contribution >= 0.6 is 0 Å². The van der Waals surface area contributed by atoms with E-state index in [4.69, 9.17) is 10.5 Å². The molecule has 1 aliphatic heterocycles. The maximum Gasteiger partial charge on any atom is 0.332 e. The number of nitrogens with zero attached hydrogens (tertiary/aromatic N) is 4. The molecular formula is C16H25N5O4. The fraction of sp³-hybridized carbons (Fsp3) is 0.688. The number of nitrogen functional groups attached to an aromatic ring is 1. The lowest BCUT2D eigenvalue weighted by molar-refractivity contribution is -0.0760. The van der Waals surface area contributed by atoms with Crippen LogP contribution in [-0.4, -0.2) is 47.6 Å². The van der Waals surface area contributed by atoms with Crippen LogP contribution in [-0.2, 0) is 11.3 Å². The number of imidazole rings is 1. The molecule has 0 bridgehead atoms. The van der Waals surface area contributed by atoms with Gasteiger partial charge in [0, 0.05) is 13.0 Å². The van der Waals surface area contributed by atoms with Crippen LogP contribution in [0.1, 0.15) is 45.8 Å². The summed E-state index contributed by atoms with van der Waals surface area (Å²) in [5, 5.41) is 20.4. The van der Waals surface area contributed by atoms with Crippen molar-refractivity contribution in [1.82, 2.24) is 19.1 Å². The van der Waals surface area contributed by atoms with E-state index in [0.717, 1.165) is 12.8 Å². The fourth-order valence-corrected chi connectivity index (χ4v) is 3.26. The molecule has 4 atom stereocenters. The number of ether oxygens (including phenoxy) is 1. The van der Waals surface area contributed by atoms with Crippen LogP contribution in [0.5, 0.6) is 0 Å². The molecule has 0 spiro atoms. The van der Waals surface area contributed by atoms with Crippen LogP contribution in [0.15, 0.2) is 11.0 Å². The SMILES string of the molecule is CCCCn1c(=O)n([C@@H]2O[C@H](C(O)CC)C[C@H]2O)c2nc(N)ncc21. The van der Waals surface area contributed by atoms with Gasteiger partial charge in [-0.2, -0.15) is 4.98 Å². The van der Waals surface area contributed by atoms with Crippen LogP contribution < -0.4 is 11.4 Å². The summed E-state index contributed by atoms with van der Waals surface area (Å²) in [5.74, 6) is 0.0477. The average molecular weight is 351 g/mol. The first-order valence-corrected chi connectivity index (χ1v) is 8.72. The summed E-state index contributed by atoms with van der Waals surface area (Å²) in [7, 11) is 0. The summed E-state index contributed by atoms with van der Waals surface area (Å²) in [6.45, 7) is 4.40. The summed E-state index contributed by atoms with van der Waals surface area (Å²) < 4.78 is 8.72. The second kappa shape index (κ2) is 7.11. The molecule has 1 fully saturated rings. The Morgan fingerprint density at radius 2 is 2.24 bits per heavy atom. The van der Waals surface area contributed by atoms with Crippen molar-refractivity contribution in [2.75, 3.05) is 5.73 Å². The van der Waals surface area contributed by atoms with Gasteiger partial charge in [-0.15, -0.1) is 0 Å². The summed E-state index contributed by atoms with van der Waals surface area (Å²) in [5.41, 5.74) is 6.27. The van der Waals surface area contributed by atoms with Crippen molar-refractivity contribution >= 4 is 17.1 Å². The minimum Gasteiger partial charge on any atom is -0.390 e. The van der Waals surface area contributed by atoms with Crippen LogP contribution in [0, 0.1) is 0 Å². The fourth-order valence-electron chi connectivity index (χ4n) is 3.26. The number of hydrogen-bond acceptors (Lipinski definition) is 7. The van der Waals surface area contributed by atoms with E-state index >= 15 is 0 Å². The number of nitrogens with two attached hydrogens (primary N) is 1. The Bertz CT molecular complexity index is 802. The monoisotopic (exact) mass is 351 g/mol. The Morgan fingerprint density at radius 3 is 2.92 bits per heavy atom. The van der Waals surface area contributed by atoms with Crippen LogP contribution in [0.4, 0.5) is 5.95 Å². The van der Waals surface area contributed by atoms with Gasteiger partial charge in [-0.05, 0) is 12.8 Å². The number of anilines is 1. The number of aliphatic hydroxyl groups excluding tert-OH is 2. The predicted molar refractivity (Wildman–Crippen MR) is 91.9 cm³/mol. The zero-order valence-electron chi connectivity index (χ0n) is 14.5. The third-order valence-electron chi connectivity index (χ3n) is 4.68. The lowest BCUT2D eigenvalue weighted by Crippen LogP contribution is -2.32. The summed E-state index contributed by atoms with van der Waals surface area (Å²) in [6.07, 6.45) is 1.01. The number of unbranched alkanes of at least 4 members (excludes halogenated alkanes) is 1. The molecule has 2 aromatic rings. The van der Waals surface area contributed by atoms with Gasteiger partial charge in [0.05, 0.1) is 18.4 Å². The second-order valence-electron chi connectivity index (χ2n) is 6.44. The molecule has 3 heterocycles. The van der Waals surface area contributed by atoms with Crippen molar-refractivity contribution in [3.63, 3.8) is 0 Å². The maximum absolute atomic E-state index is 12.9. The van der Waals surface area contributed by atoms with Crippen LogP contribution in [0.3, 0.4) is 0 Å². The molecule has 9 heteroatoms. The van der Waals surface area contributed by atoms with E-state index in [1.807, 2.05) is 13.8 Å². The van der Waals surface area contributed by atoms with Gasteiger partial charge in [0.2, 0.25) is 5.95 Å². The highest BCUT2D eigenvalue weighted by atomic mass is 16.5. The standard InChI is InChI=1S/C16H25N5O4/c1-3-5-6-20-9-8-18-15(17)19-13(9)21(16(20)24)14-11(23)7-12(25-14)10(22)4-2/h8,10-12,14,22-23H,3-7H2,1-2H3,(H2,17,18,19)/t10?,11-,12+,14-/m1/s1. The van der Waals surface area contributed by atoms with Gasteiger partial charge in [-0.3, -0.25) is 4.57 Å². The van der Waals surface area contributed by atoms with Gasteiger partial charge in [0.25, 0.3) is 0 Å². The van der Waals surface area contributed by atoms with E-state index in [9.17, 15) is 15.0 Å². The van der Waals surface area contributed by atoms with Crippen molar-refractivity contribution in [3.8, 4) is 0 Å². The topological polar surface area (TPSA) is 128 Å². The quantitative estimate of drug-likeness (QED) is 0.687. The van der Waals surface area contributed by atoms with E-state index in [0.29, 0.717) is 24.1 Å². The van der Waals surface area contributed by atoms with Crippen LogP contribution in [0.25, 0.3) is 11.2 Å². The molecule has 1 unspecified atom stereocenters. The maximum atomic E-state index is 12.9. The van der Waals surface area contributed by atoms with E-state index in [1.54, 1.807) is 4.57 Å². The molecule has 0 amide bonds. The lowest BCUT2D eigenvalue weighted by Gasteiger charge is -2.18. The van der Waals surface area contributed by atoms with Gasteiger partial charge in [0.15, 0.2) is 11.9 Å². The van der Waals surface area contributed by atoms with E-state index in [1.165, 1.54) is 10.8 Å². The van der Waals surface area contributed by atoms with Gasteiger partial charge in [-0.1, -0.05) is 20.3 Å². The third-order valence-corrected chi connectivity index (χ3v) is 4.68. The van der Waals surface area contributed by atoms with E-state index in [2.05, 4.69) is 9.97 Å². The Hall–Kier alpha value is -1.97. The van der Waals surface area contributed by atoms with Gasteiger partial charge in [0.1, 0.15) is 11.6 Å². The first-order valence-electron chi connectivity index (χ1n) is 8.72. The zero-order chi connectivity index (χ0) is 18.1. The largest absolute Gasteiger partial charge is 0.390 e. The first kappa shape index (κ1) is 17.8. The number of aliphatic hydroxyl groups is 2. The molecule has 0 radical (unpaired) electrons. The third kappa shape index (κ3) is 3.14. The number of fused-ring (bicyclic) bond motifs is 1. The highest BCUT2D eigenvalue weighted by Crippen LogP contribution is 2.32. The molecule has 25 heavy (non-hydrogen) atoms. The molecule has 3 rings (SSSR count). The highest BCUT2D eigenvalue weighted by molar-refractivity contribution is 5.71. The van der Waals surface area contributed by atoms with Crippen molar-refractivity contribution < 1.29 is 14.9 Å². The van der Waals surface area contributed by atoms with Crippen LogP contribution in [0.2, 0.25) is 0 Å². The molecule has 0 aromatic carbocycles. The Kier molecular flexibility index (Phi) is 5.07. The number of aromatic nitrogens is 4. The lowest BCUT2D eigenvalue weighted by atomic mass is 10.1. The predicted octanol–water partition coefficient (Wildman–Crippen LogP) is 0.395. The molecule has 1 aliphatic rings. The van der Waals surface area contributed by atoms with Crippen molar-refractivity contribution in [3.05, 3.63) is 16.7 Å². The summed E-state index contributed by atoms with van der Waals surface area (Å²) >= 11 is 0. The number of hydrogen-bond donors (Lipinski definition) is 3. The van der Waals surface area contributed by atoms with E-state index in [-0.39, 0.29) is 18.1 Å². The number of aryl methyl sites for hydroxylation is 1. The Labute approximate surface area is 145 Å². The number of rotatable bonds is 6. The molecular weight excluding hydrogens is 326 g/mol. The van der Waals surface area contributed by atoms with Crippen molar-refractivity contribution in [1.29, 1.82) is 0 Å². The summed E-state index contributed by atoms with van der Waals surface area (Å²) in [4.78, 5) is 21.1. The Morgan fingerprint density at radius 1 is 1.48 bits per heavy atom. The van der Waals surface area contributed by atoms with Gasteiger partial charge < -0.3 is 20.7 Å². The van der Waals surface area contributed by atoms with Gasteiger partial charge >= 0.3 is 5.69 Å². The second-order valence-corrected chi connectivity index (χ2v) is 6.44. The van der Waals surface area contributed by atoms with Crippen molar-refractivity contribution in [2.24, 2.45) is 0 Å². The summed E-state index contributed by atoms with van der Waals surface area (Å²) in [6, 6.07) is 0.